The van der Waals surface area contributed by atoms with Crippen LogP contribution in [0.2, 0.25) is 10.0 Å². The van der Waals surface area contributed by atoms with Crippen molar-refractivity contribution in [2.24, 2.45) is 0 Å². The molecule has 0 aromatic heterocycles. The summed E-state index contributed by atoms with van der Waals surface area (Å²) in [6.45, 7) is 4.72. The molecule has 2 atom stereocenters. The van der Waals surface area contributed by atoms with Crippen LogP contribution in [0.5, 0.6) is 11.5 Å². The van der Waals surface area contributed by atoms with E-state index in [-0.39, 0.29) is 65.0 Å². The predicted octanol–water partition coefficient (Wildman–Crippen LogP) is 9.26. The van der Waals surface area contributed by atoms with Crippen molar-refractivity contribution in [3.8, 4) is 11.5 Å². The molecule has 0 heterocycles. The first-order valence-corrected chi connectivity index (χ1v) is 27.3. The molecule has 0 saturated carbocycles. The van der Waals surface area contributed by atoms with E-state index in [1.165, 1.54) is 45.6 Å². The Morgan fingerprint density at radius 1 is 0.532 bits per heavy atom. The minimum atomic E-state index is -3.86. The molecule has 0 aliphatic rings. The summed E-state index contributed by atoms with van der Waals surface area (Å²) in [6, 6.07) is 48.9. The Balaban J connectivity index is 0.000000277. The topological polar surface area (TPSA) is 211 Å². The van der Waals surface area contributed by atoms with Crippen LogP contribution in [-0.2, 0) is 47.5 Å². The van der Waals surface area contributed by atoms with Crippen molar-refractivity contribution in [3.63, 3.8) is 0 Å². The zero-order valence-electron chi connectivity index (χ0n) is 43.2. The molecule has 20 heteroatoms. The third-order valence-corrected chi connectivity index (χ3v) is 15.6. The molecule has 0 saturated heterocycles. The van der Waals surface area contributed by atoms with Gasteiger partial charge in [0, 0.05) is 68.1 Å². The first-order chi connectivity index (χ1) is 35.9. The standard InChI is InChI=1S/C29H29ClN2O5S.C28H27ClN2O5S.Li.H2O/c1-20(17-29(33)37-3)32(19-21-7-6-8-22(30)18-21)28-16-15-27(25-9-4-5-10-26(25)28)31-38(34,35)24-13-11-23(36-2)12-14-24;1-19(16-28(32)33)31(18-20-6-5-7-21(29)17-20)27-15-14-26(24-8-3-4-9-25(24)27)30-37(34,35)23-12-10-22(36-2)11-13-23;;/h4-16,18,20,31H,17,19H2,1-3H3;3-15,17,19,30H,16,18H2,1-2H3,(H,32,33);;1H2/q;;+1;/p-1/t20-;19-;;/m00../s1. The quantitative estimate of drug-likeness (QED) is 0.0481. The Hall–Kier alpha value is -6.94. The molecule has 0 spiro atoms. The van der Waals surface area contributed by atoms with Gasteiger partial charge in [0.1, 0.15) is 11.5 Å². The van der Waals surface area contributed by atoms with E-state index in [0.29, 0.717) is 51.4 Å². The monoisotopic (exact) mass is 1110 g/mol. The van der Waals surface area contributed by atoms with Crippen molar-refractivity contribution >= 4 is 99.5 Å². The number of sulfonamides is 2. The molecule has 0 aliphatic carbocycles. The van der Waals surface area contributed by atoms with Crippen LogP contribution in [0.25, 0.3) is 21.5 Å². The maximum Gasteiger partial charge on any atom is 1.00 e. The summed E-state index contributed by atoms with van der Waals surface area (Å²) in [5.41, 5.74) is 4.41. The van der Waals surface area contributed by atoms with Gasteiger partial charge in [-0.25, -0.2) is 16.8 Å². The van der Waals surface area contributed by atoms with Crippen LogP contribution in [0, 0.1) is 0 Å². The van der Waals surface area contributed by atoms with Gasteiger partial charge in [-0.05, 0) is 122 Å². The van der Waals surface area contributed by atoms with Gasteiger partial charge in [-0.2, -0.15) is 0 Å². The fraction of sp³-hybridized carbons (Fsp3) is 0.193. The number of halogens is 2. The van der Waals surface area contributed by atoms with Crippen LogP contribution >= 0.6 is 23.2 Å². The number of fused-ring (bicyclic) bond motifs is 2. The minimum Gasteiger partial charge on any atom is -0.870 e. The van der Waals surface area contributed by atoms with Crippen molar-refractivity contribution in [2.45, 2.75) is 61.7 Å². The van der Waals surface area contributed by atoms with E-state index in [2.05, 4.69) is 14.3 Å². The third kappa shape index (κ3) is 15.6. The van der Waals surface area contributed by atoms with Gasteiger partial charge in [0.05, 0.1) is 55.3 Å². The minimum absolute atomic E-state index is 0. The van der Waals surface area contributed by atoms with Crippen molar-refractivity contribution in [1.82, 2.24) is 0 Å². The zero-order valence-corrected chi connectivity index (χ0v) is 46.3. The predicted molar refractivity (Wildman–Crippen MR) is 301 cm³/mol. The van der Waals surface area contributed by atoms with Crippen LogP contribution in [0.15, 0.2) is 180 Å². The number of carbonyl (C=O) groups excluding carboxylic acids is 1. The number of esters is 1. The van der Waals surface area contributed by atoms with Gasteiger partial charge in [-0.15, -0.1) is 0 Å². The molecule has 4 N–H and O–H groups in total. The molecule has 0 bridgehead atoms. The maximum atomic E-state index is 13.2. The van der Waals surface area contributed by atoms with Crippen molar-refractivity contribution < 1.29 is 70.1 Å². The number of nitrogens with zero attached hydrogens (tertiary/aromatic N) is 2. The molecule has 8 aromatic rings. The average Bonchev–Trinajstić information content (AvgIpc) is 3.40. The SMILES string of the molecule is COC(=O)C[C@H](C)N(Cc1cccc(Cl)c1)c1ccc(NS(=O)(=O)c2ccc(OC)cc2)c2ccccc12.COc1ccc(S(=O)(=O)Nc2ccc(N(Cc3cccc(Cl)c3)[C@@H](C)CC(=O)O)c3ccccc23)cc1.[Li+].[OH-]. The number of anilines is 4. The molecule has 8 rings (SSSR count). The number of hydrogen-bond donors (Lipinski definition) is 3. The fourth-order valence-corrected chi connectivity index (χ4v) is 11.2. The third-order valence-electron chi connectivity index (χ3n) is 12.4. The van der Waals surface area contributed by atoms with Gasteiger partial charge in [0.25, 0.3) is 20.0 Å². The van der Waals surface area contributed by atoms with E-state index >= 15 is 0 Å². The van der Waals surface area contributed by atoms with Crippen molar-refractivity contribution in [2.75, 3.05) is 40.6 Å². The molecule has 0 unspecified atom stereocenters. The normalized spacial score (nSPS) is 11.8. The number of ether oxygens (including phenoxy) is 3. The Bertz CT molecular complexity index is 3540. The Kier molecular flexibility index (Phi) is 21.7. The summed E-state index contributed by atoms with van der Waals surface area (Å²) < 4.78 is 73.2. The molecule has 77 heavy (non-hydrogen) atoms. The number of aliphatic carboxylic acids is 1. The second-order valence-corrected chi connectivity index (χ2v) is 21.7. The molecule has 8 aromatic carbocycles. The van der Waals surface area contributed by atoms with Crippen molar-refractivity contribution in [1.29, 1.82) is 0 Å². The summed E-state index contributed by atoms with van der Waals surface area (Å²) in [4.78, 5) is 28.1. The van der Waals surface area contributed by atoms with Crippen LogP contribution < -0.4 is 47.6 Å². The average molecular weight is 1120 g/mol. The molecule has 398 valence electrons. The van der Waals surface area contributed by atoms with E-state index in [1.807, 2.05) is 122 Å². The van der Waals surface area contributed by atoms with Gasteiger partial charge in [0.2, 0.25) is 0 Å². The van der Waals surface area contributed by atoms with E-state index < -0.39 is 26.0 Å². The van der Waals surface area contributed by atoms with Gasteiger partial charge in [-0.3, -0.25) is 19.0 Å². The van der Waals surface area contributed by atoms with Crippen LogP contribution in [0.1, 0.15) is 37.8 Å². The molecular weight excluding hydrogens is 1060 g/mol. The number of methoxy groups -OCH3 is 3. The van der Waals surface area contributed by atoms with E-state index in [1.54, 1.807) is 42.5 Å². The number of nitrogens with one attached hydrogen (secondary N) is 2. The molecule has 0 fully saturated rings. The smallest absolute Gasteiger partial charge is 0.870 e. The second kappa shape index (κ2) is 27.4. The number of carboxylic acids is 1. The first kappa shape index (κ1) is 60.9. The Morgan fingerprint density at radius 2 is 0.909 bits per heavy atom. The summed E-state index contributed by atoms with van der Waals surface area (Å²) in [5.74, 6) is -0.0952. The molecular formula is C57H57Cl2LiN4O11S2. The molecule has 0 amide bonds. The molecule has 0 radical (unpaired) electrons. The van der Waals surface area contributed by atoms with Crippen LogP contribution in [0.4, 0.5) is 22.7 Å². The van der Waals surface area contributed by atoms with Gasteiger partial charge < -0.3 is 34.6 Å². The van der Waals surface area contributed by atoms with E-state index in [9.17, 15) is 31.5 Å². The van der Waals surface area contributed by atoms with Crippen LogP contribution in [-0.4, -0.2) is 72.8 Å². The van der Waals surface area contributed by atoms with E-state index in [0.717, 1.165) is 38.7 Å². The maximum absolute atomic E-state index is 13.2. The summed E-state index contributed by atoms with van der Waals surface area (Å²) in [5, 5.41) is 13.7. The van der Waals surface area contributed by atoms with Gasteiger partial charge in [0.15, 0.2) is 0 Å². The number of hydrogen-bond acceptors (Lipinski definition) is 12. The number of carbonyl (C=O) groups is 2. The zero-order chi connectivity index (χ0) is 53.9. The van der Waals surface area contributed by atoms with Crippen LogP contribution in [0.3, 0.4) is 0 Å². The molecule has 0 aliphatic heterocycles. The number of rotatable bonds is 20. The summed E-state index contributed by atoms with van der Waals surface area (Å²) in [7, 11) is -3.29. The molecule has 15 nitrogen and oxygen atoms in total. The van der Waals surface area contributed by atoms with Gasteiger partial charge in [-0.1, -0.05) is 96.0 Å². The summed E-state index contributed by atoms with van der Waals surface area (Å²) >= 11 is 12.4. The number of benzene rings is 8. The second-order valence-electron chi connectivity index (χ2n) is 17.5. The number of carboxylic acid groups (broad SMARTS) is 1. The largest absolute Gasteiger partial charge is 1.00 e. The van der Waals surface area contributed by atoms with Gasteiger partial charge >= 0.3 is 30.8 Å². The Labute approximate surface area is 471 Å². The van der Waals surface area contributed by atoms with Crippen molar-refractivity contribution in [3.05, 3.63) is 191 Å². The van der Waals surface area contributed by atoms with E-state index in [4.69, 9.17) is 37.4 Å². The summed E-state index contributed by atoms with van der Waals surface area (Å²) in [6.07, 6.45) is 0.109. The fourth-order valence-electron chi connectivity index (χ4n) is 8.58. The first-order valence-electron chi connectivity index (χ1n) is 23.6. The Morgan fingerprint density at radius 3 is 1.26 bits per heavy atom.